The third-order valence-electron chi connectivity index (χ3n) is 4.08. The average Bonchev–Trinajstić information content (AvgIpc) is 2.91. The van der Waals surface area contributed by atoms with E-state index in [4.69, 9.17) is 5.73 Å². The molecule has 21 heavy (non-hydrogen) atoms. The maximum atomic E-state index is 12.9. The van der Waals surface area contributed by atoms with Crippen molar-refractivity contribution in [3.63, 3.8) is 0 Å². The second kappa shape index (κ2) is 5.12. The summed E-state index contributed by atoms with van der Waals surface area (Å²) >= 11 is 1.70. The topological polar surface area (TPSA) is 63.4 Å². The van der Waals surface area contributed by atoms with Crippen LogP contribution in [0.5, 0.6) is 0 Å². The molecule has 2 N–H and O–H groups in total. The second-order valence-corrected chi connectivity index (χ2v) is 8.25. The van der Waals surface area contributed by atoms with Crippen molar-refractivity contribution in [2.75, 3.05) is 12.3 Å². The molecular formula is C15H18N2O2S2. The van der Waals surface area contributed by atoms with Crippen molar-refractivity contribution in [2.24, 2.45) is 0 Å². The molecule has 1 aromatic heterocycles. The summed E-state index contributed by atoms with van der Waals surface area (Å²) in [7, 11) is -3.51. The number of rotatable bonds is 2. The molecule has 0 radical (unpaired) electrons. The Morgan fingerprint density at radius 2 is 2.10 bits per heavy atom. The van der Waals surface area contributed by atoms with Crippen molar-refractivity contribution in [3.05, 3.63) is 45.6 Å². The lowest BCUT2D eigenvalue weighted by Gasteiger charge is -2.32. The summed E-state index contributed by atoms with van der Waals surface area (Å²) in [5.41, 5.74) is 8.38. The molecule has 6 heteroatoms. The van der Waals surface area contributed by atoms with E-state index in [2.05, 4.69) is 0 Å². The number of benzene rings is 1. The third kappa shape index (κ3) is 2.37. The van der Waals surface area contributed by atoms with Gasteiger partial charge in [0.05, 0.1) is 4.90 Å². The van der Waals surface area contributed by atoms with Crippen LogP contribution in [0.15, 0.2) is 34.5 Å². The van der Waals surface area contributed by atoms with E-state index >= 15 is 0 Å². The van der Waals surface area contributed by atoms with E-state index in [0.717, 1.165) is 17.5 Å². The Labute approximate surface area is 129 Å². The van der Waals surface area contributed by atoms with Crippen LogP contribution in [-0.4, -0.2) is 19.3 Å². The number of hydrogen-bond donors (Lipinski definition) is 1. The third-order valence-corrected chi connectivity index (χ3v) is 7.04. The van der Waals surface area contributed by atoms with E-state index in [1.807, 2.05) is 25.3 Å². The zero-order chi connectivity index (χ0) is 15.2. The van der Waals surface area contributed by atoms with Gasteiger partial charge in [-0.05, 0) is 55.0 Å². The first-order chi connectivity index (χ1) is 9.91. The fraction of sp³-hybridized carbons (Fsp3) is 0.333. The fourth-order valence-electron chi connectivity index (χ4n) is 2.73. The summed E-state index contributed by atoms with van der Waals surface area (Å²) in [6.07, 6.45) is 0.776. The van der Waals surface area contributed by atoms with Crippen LogP contribution in [0, 0.1) is 6.92 Å². The lowest BCUT2D eigenvalue weighted by Crippen LogP contribution is -2.38. The molecule has 1 aliphatic rings. The fourth-order valence-corrected chi connectivity index (χ4v) is 5.34. The van der Waals surface area contributed by atoms with Gasteiger partial charge in [0.25, 0.3) is 0 Å². The van der Waals surface area contributed by atoms with Gasteiger partial charge < -0.3 is 5.73 Å². The Morgan fingerprint density at radius 3 is 2.81 bits per heavy atom. The van der Waals surface area contributed by atoms with Crippen LogP contribution in [0.2, 0.25) is 0 Å². The van der Waals surface area contributed by atoms with Gasteiger partial charge in [0.1, 0.15) is 0 Å². The molecule has 1 unspecified atom stereocenters. The van der Waals surface area contributed by atoms with Crippen LogP contribution in [-0.2, 0) is 16.4 Å². The van der Waals surface area contributed by atoms with Crippen LogP contribution in [0.25, 0.3) is 0 Å². The molecule has 1 aliphatic heterocycles. The predicted molar refractivity (Wildman–Crippen MR) is 85.9 cm³/mol. The summed E-state index contributed by atoms with van der Waals surface area (Å²) in [5.74, 6) is 0. The van der Waals surface area contributed by atoms with Crippen molar-refractivity contribution in [3.8, 4) is 0 Å². The number of nitrogens with two attached hydrogens (primary N) is 1. The number of nitrogen functional groups attached to an aromatic ring is 1. The number of anilines is 1. The van der Waals surface area contributed by atoms with E-state index in [9.17, 15) is 8.42 Å². The minimum Gasteiger partial charge on any atom is -0.398 e. The van der Waals surface area contributed by atoms with E-state index in [1.165, 1.54) is 4.88 Å². The minimum absolute atomic E-state index is 0.132. The highest BCUT2D eigenvalue weighted by atomic mass is 32.2. The number of fused-ring (bicyclic) bond motifs is 1. The highest BCUT2D eigenvalue weighted by Crippen LogP contribution is 2.36. The standard InChI is InChI=1S/C15H18N2O2S2/c1-10-3-4-12(9-14(10)16)21(18,19)17-7-5-15-13(11(17)2)6-8-20-15/h3-4,6,8-9,11H,5,7,16H2,1-2H3. The molecule has 0 saturated heterocycles. The van der Waals surface area contributed by atoms with Gasteiger partial charge in [-0.25, -0.2) is 8.42 Å². The average molecular weight is 322 g/mol. The molecule has 2 aromatic rings. The van der Waals surface area contributed by atoms with Gasteiger partial charge in [0.2, 0.25) is 10.0 Å². The molecule has 3 rings (SSSR count). The summed E-state index contributed by atoms with van der Waals surface area (Å²) in [5, 5.41) is 2.03. The van der Waals surface area contributed by atoms with E-state index in [0.29, 0.717) is 12.2 Å². The highest BCUT2D eigenvalue weighted by Gasteiger charge is 2.34. The van der Waals surface area contributed by atoms with Crippen molar-refractivity contribution >= 4 is 27.0 Å². The van der Waals surface area contributed by atoms with Crippen LogP contribution in [0.3, 0.4) is 0 Å². The Morgan fingerprint density at radius 1 is 1.33 bits per heavy atom. The summed E-state index contributed by atoms with van der Waals surface area (Å²) < 4.78 is 27.3. The lowest BCUT2D eigenvalue weighted by molar-refractivity contribution is 0.329. The van der Waals surface area contributed by atoms with E-state index in [1.54, 1.807) is 33.8 Å². The van der Waals surface area contributed by atoms with Crippen LogP contribution in [0.1, 0.15) is 29.0 Å². The molecule has 0 bridgehead atoms. The van der Waals surface area contributed by atoms with Crippen molar-refractivity contribution in [1.29, 1.82) is 0 Å². The second-order valence-electron chi connectivity index (χ2n) is 5.36. The Kier molecular flexibility index (Phi) is 3.55. The van der Waals surface area contributed by atoms with Gasteiger partial charge in [-0.15, -0.1) is 11.3 Å². The number of sulfonamides is 1. The van der Waals surface area contributed by atoms with Gasteiger partial charge in [0.15, 0.2) is 0 Å². The molecular weight excluding hydrogens is 304 g/mol. The highest BCUT2D eigenvalue weighted by molar-refractivity contribution is 7.89. The molecule has 0 spiro atoms. The molecule has 0 aliphatic carbocycles. The summed E-state index contributed by atoms with van der Waals surface area (Å²) in [4.78, 5) is 1.56. The summed E-state index contributed by atoms with van der Waals surface area (Å²) in [6, 6.07) is 6.84. The van der Waals surface area contributed by atoms with Gasteiger partial charge in [-0.2, -0.15) is 4.31 Å². The van der Waals surface area contributed by atoms with E-state index < -0.39 is 10.0 Å². The largest absolute Gasteiger partial charge is 0.398 e. The monoisotopic (exact) mass is 322 g/mol. The molecule has 0 fully saturated rings. The Hall–Kier alpha value is -1.37. The molecule has 0 saturated carbocycles. The maximum Gasteiger partial charge on any atom is 0.243 e. The Bertz CT molecular complexity index is 781. The number of aryl methyl sites for hydroxylation is 1. The lowest BCUT2D eigenvalue weighted by atomic mass is 10.0. The zero-order valence-electron chi connectivity index (χ0n) is 12.0. The van der Waals surface area contributed by atoms with Gasteiger partial charge >= 0.3 is 0 Å². The SMILES string of the molecule is Cc1ccc(S(=O)(=O)N2CCc3sccc3C2C)cc1N. The molecule has 0 amide bonds. The van der Waals surface area contributed by atoms with Crippen LogP contribution < -0.4 is 5.73 Å². The molecule has 1 aromatic carbocycles. The molecule has 1 atom stereocenters. The molecule has 112 valence electrons. The quantitative estimate of drug-likeness (QED) is 0.865. The molecule has 4 nitrogen and oxygen atoms in total. The van der Waals surface area contributed by atoms with Crippen molar-refractivity contribution in [2.45, 2.75) is 31.2 Å². The first-order valence-corrected chi connectivity index (χ1v) is 9.17. The van der Waals surface area contributed by atoms with E-state index in [-0.39, 0.29) is 10.9 Å². The first kappa shape index (κ1) is 14.6. The van der Waals surface area contributed by atoms with Crippen LogP contribution >= 0.6 is 11.3 Å². The summed E-state index contributed by atoms with van der Waals surface area (Å²) in [6.45, 7) is 4.33. The maximum absolute atomic E-state index is 12.9. The van der Waals surface area contributed by atoms with Gasteiger partial charge in [0, 0.05) is 23.2 Å². The van der Waals surface area contributed by atoms with Gasteiger partial charge in [-0.3, -0.25) is 0 Å². The predicted octanol–water partition coefficient (Wildman–Crippen LogP) is 2.95. The number of thiophene rings is 1. The molecule has 2 heterocycles. The smallest absolute Gasteiger partial charge is 0.243 e. The van der Waals surface area contributed by atoms with Gasteiger partial charge in [-0.1, -0.05) is 6.07 Å². The zero-order valence-corrected chi connectivity index (χ0v) is 13.7. The number of nitrogens with zero attached hydrogens (tertiary/aromatic N) is 1. The Balaban J connectivity index is 2.01. The van der Waals surface area contributed by atoms with Crippen LogP contribution in [0.4, 0.5) is 5.69 Å². The van der Waals surface area contributed by atoms with Crippen molar-refractivity contribution in [1.82, 2.24) is 4.31 Å². The normalized spacial score (nSPS) is 19.4. The number of hydrogen-bond acceptors (Lipinski definition) is 4. The minimum atomic E-state index is -3.51. The van der Waals surface area contributed by atoms with Crippen molar-refractivity contribution < 1.29 is 8.42 Å². The first-order valence-electron chi connectivity index (χ1n) is 6.85.